The summed E-state index contributed by atoms with van der Waals surface area (Å²) in [5, 5.41) is 8.96. The Labute approximate surface area is 121 Å². The third-order valence-electron chi connectivity index (χ3n) is 3.61. The molecule has 0 aromatic heterocycles. The van der Waals surface area contributed by atoms with Crippen molar-refractivity contribution in [2.24, 2.45) is 11.8 Å². The van der Waals surface area contributed by atoms with E-state index in [0.717, 1.165) is 11.5 Å². The van der Waals surface area contributed by atoms with Crippen molar-refractivity contribution >= 4 is 0 Å². The molecule has 2 aliphatic rings. The Bertz CT molecular complexity index is 462. The van der Waals surface area contributed by atoms with Crippen LogP contribution in [0.4, 0.5) is 0 Å². The van der Waals surface area contributed by atoms with Gasteiger partial charge in [0.1, 0.15) is 6.10 Å². The van der Waals surface area contributed by atoms with Crippen molar-refractivity contribution < 1.29 is 9.84 Å². The van der Waals surface area contributed by atoms with E-state index in [1.807, 2.05) is 32.0 Å². The first-order valence-electron chi connectivity index (χ1n) is 7.56. The topological polar surface area (TPSA) is 29.5 Å². The Morgan fingerprint density at radius 1 is 1.20 bits per heavy atom. The predicted molar refractivity (Wildman–Crippen MR) is 82.4 cm³/mol. The smallest absolute Gasteiger partial charge is 0.107 e. The standard InChI is InChI=1S/C16H18O2.C2H6/c17-8-9-18-16(12-4-2-1-3-5-12)14-7-6-13-10-15(13)11-14;1-2/h1-7,11,13,15-17H,8-10H2;1-2H3. The summed E-state index contributed by atoms with van der Waals surface area (Å²) in [6, 6.07) is 10.2. The van der Waals surface area contributed by atoms with Gasteiger partial charge in [-0.1, -0.05) is 62.4 Å². The third-order valence-corrected chi connectivity index (χ3v) is 3.61. The van der Waals surface area contributed by atoms with Gasteiger partial charge in [0.25, 0.3) is 0 Å². The Morgan fingerprint density at radius 3 is 2.60 bits per heavy atom. The minimum atomic E-state index is -0.0452. The van der Waals surface area contributed by atoms with E-state index in [1.54, 1.807) is 0 Å². The molecule has 0 spiro atoms. The zero-order chi connectivity index (χ0) is 14.4. The summed E-state index contributed by atoms with van der Waals surface area (Å²) in [5.74, 6) is 1.48. The lowest BCUT2D eigenvalue weighted by molar-refractivity contribution is 0.0494. The molecule has 1 aromatic rings. The molecule has 0 bridgehead atoms. The van der Waals surface area contributed by atoms with Crippen LogP contribution < -0.4 is 0 Å². The molecular weight excluding hydrogens is 248 g/mol. The maximum Gasteiger partial charge on any atom is 0.107 e. The highest BCUT2D eigenvalue weighted by Gasteiger charge is 2.36. The summed E-state index contributed by atoms with van der Waals surface area (Å²) >= 11 is 0. The fraction of sp³-hybridized carbons (Fsp3) is 0.444. The normalized spacial score (nSPS) is 24.1. The highest BCUT2D eigenvalue weighted by atomic mass is 16.5. The molecule has 108 valence electrons. The minimum absolute atomic E-state index is 0.0452. The number of hydrogen-bond donors (Lipinski definition) is 1. The van der Waals surface area contributed by atoms with Crippen LogP contribution >= 0.6 is 0 Å². The SMILES string of the molecule is CC.OCCOC(C1=CC2CC2C=C1)c1ccccc1. The van der Waals surface area contributed by atoms with E-state index in [4.69, 9.17) is 9.84 Å². The zero-order valence-corrected chi connectivity index (χ0v) is 12.3. The second-order valence-corrected chi connectivity index (χ2v) is 4.97. The van der Waals surface area contributed by atoms with E-state index >= 15 is 0 Å². The molecule has 0 heterocycles. The van der Waals surface area contributed by atoms with Crippen molar-refractivity contribution in [2.75, 3.05) is 13.2 Å². The van der Waals surface area contributed by atoms with E-state index in [2.05, 4.69) is 30.4 Å². The van der Waals surface area contributed by atoms with Gasteiger partial charge in [0.05, 0.1) is 13.2 Å². The van der Waals surface area contributed by atoms with Crippen LogP contribution in [0.2, 0.25) is 0 Å². The van der Waals surface area contributed by atoms with Crippen LogP contribution in [-0.4, -0.2) is 18.3 Å². The van der Waals surface area contributed by atoms with Gasteiger partial charge in [0.15, 0.2) is 0 Å². The molecule has 0 amide bonds. The Balaban J connectivity index is 0.000000704. The van der Waals surface area contributed by atoms with E-state index < -0.39 is 0 Å². The molecule has 0 aliphatic heterocycles. The van der Waals surface area contributed by atoms with Crippen LogP contribution in [0.5, 0.6) is 0 Å². The van der Waals surface area contributed by atoms with Crippen molar-refractivity contribution in [2.45, 2.75) is 26.4 Å². The van der Waals surface area contributed by atoms with Crippen LogP contribution in [-0.2, 0) is 4.74 Å². The van der Waals surface area contributed by atoms with Crippen molar-refractivity contribution in [1.29, 1.82) is 0 Å². The molecule has 2 aliphatic carbocycles. The largest absolute Gasteiger partial charge is 0.394 e. The van der Waals surface area contributed by atoms with Gasteiger partial charge in [-0.2, -0.15) is 0 Å². The first-order chi connectivity index (χ1) is 9.88. The predicted octanol–water partition coefficient (Wildman–Crippen LogP) is 3.90. The van der Waals surface area contributed by atoms with Crippen molar-refractivity contribution in [1.82, 2.24) is 0 Å². The van der Waals surface area contributed by atoms with Crippen LogP contribution in [0, 0.1) is 11.8 Å². The van der Waals surface area contributed by atoms with Crippen molar-refractivity contribution in [3.63, 3.8) is 0 Å². The summed E-state index contributed by atoms with van der Waals surface area (Å²) in [6.07, 6.45) is 8.04. The Hall–Kier alpha value is -1.38. The molecule has 1 aromatic carbocycles. The number of aliphatic hydroxyl groups is 1. The molecule has 20 heavy (non-hydrogen) atoms. The van der Waals surface area contributed by atoms with E-state index in [9.17, 15) is 0 Å². The number of benzene rings is 1. The van der Waals surface area contributed by atoms with Crippen LogP contribution in [0.3, 0.4) is 0 Å². The molecule has 3 rings (SSSR count). The average molecular weight is 272 g/mol. The lowest BCUT2D eigenvalue weighted by Gasteiger charge is -2.21. The maximum atomic E-state index is 8.96. The second-order valence-electron chi connectivity index (χ2n) is 4.97. The lowest BCUT2D eigenvalue weighted by Crippen LogP contribution is -2.11. The van der Waals surface area contributed by atoms with Crippen LogP contribution in [0.25, 0.3) is 0 Å². The van der Waals surface area contributed by atoms with Gasteiger partial charge in [-0.25, -0.2) is 0 Å². The molecule has 1 N–H and O–H groups in total. The number of ether oxygens (including phenoxy) is 1. The van der Waals surface area contributed by atoms with Gasteiger partial charge in [-0.05, 0) is 29.4 Å². The van der Waals surface area contributed by atoms with E-state index in [-0.39, 0.29) is 12.7 Å². The average Bonchev–Trinajstić information content (AvgIpc) is 3.29. The molecule has 2 heteroatoms. The van der Waals surface area contributed by atoms with E-state index in [0.29, 0.717) is 12.5 Å². The second kappa shape index (κ2) is 7.41. The first kappa shape index (κ1) is 15.0. The molecular formula is C18H24O2. The van der Waals surface area contributed by atoms with Crippen molar-refractivity contribution in [3.8, 4) is 0 Å². The molecule has 0 saturated heterocycles. The highest BCUT2D eigenvalue weighted by molar-refractivity contribution is 5.38. The first-order valence-corrected chi connectivity index (χ1v) is 7.56. The zero-order valence-electron chi connectivity index (χ0n) is 12.3. The molecule has 0 radical (unpaired) electrons. The molecule has 2 nitrogen and oxygen atoms in total. The number of allylic oxidation sites excluding steroid dienone is 2. The summed E-state index contributed by atoms with van der Waals surface area (Å²) < 4.78 is 5.81. The number of fused-ring (bicyclic) bond motifs is 1. The van der Waals surface area contributed by atoms with Crippen LogP contribution in [0.1, 0.15) is 31.9 Å². The number of rotatable bonds is 5. The lowest BCUT2D eigenvalue weighted by atomic mass is 9.96. The minimum Gasteiger partial charge on any atom is -0.394 e. The quantitative estimate of drug-likeness (QED) is 0.881. The highest BCUT2D eigenvalue weighted by Crippen LogP contribution is 2.46. The maximum absolute atomic E-state index is 8.96. The molecule has 3 atom stereocenters. The Kier molecular flexibility index (Phi) is 5.57. The van der Waals surface area contributed by atoms with Crippen molar-refractivity contribution in [3.05, 3.63) is 59.7 Å². The van der Waals surface area contributed by atoms with Gasteiger partial charge < -0.3 is 9.84 Å². The number of hydrogen-bond acceptors (Lipinski definition) is 2. The molecule has 3 unspecified atom stereocenters. The van der Waals surface area contributed by atoms with Crippen LogP contribution in [0.15, 0.2) is 54.1 Å². The fourth-order valence-corrected chi connectivity index (χ4v) is 2.54. The third kappa shape index (κ3) is 3.59. The fourth-order valence-electron chi connectivity index (χ4n) is 2.54. The van der Waals surface area contributed by atoms with Gasteiger partial charge in [-0.3, -0.25) is 0 Å². The molecule has 1 saturated carbocycles. The summed E-state index contributed by atoms with van der Waals surface area (Å²) in [4.78, 5) is 0. The van der Waals surface area contributed by atoms with Gasteiger partial charge in [0, 0.05) is 0 Å². The molecule has 1 fully saturated rings. The summed E-state index contributed by atoms with van der Waals surface area (Å²) in [5.41, 5.74) is 2.38. The number of aliphatic hydroxyl groups excluding tert-OH is 1. The monoisotopic (exact) mass is 272 g/mol. The Morgan fingerprint density at radius 2 is 1.95 bits per heavy atom. The summed E-state index contributed by atoms with van der Waals surface area (Å²) in [6.45, 7) is 4.44. The van der Waals surface area contributed by atoms with Gasteiger partial charge in [0.2, 0.25) is 0 Å². The van der Waals surface area contributed by atoms with Gasteiger partial charge >= 0.3 is 0 Å². The van der Waals surface area contributed by atoms with Gasteiger partial charge in [-0.15, -0.1) is 0 Å². The summed E-state index contributed by atoms with van der Waals surface area (Å²) in [7, 11) is 0. The van der Waals surface area contributed by atoms with E-state index in [1.165, 1.54) is 12.0 Å².